The van der Waals surface area contributed by atoms with Crippen LogP contribution in [0.2, 0.25) is 0 Å². The summed E-state index contributed by atoms with van der Waals surface area (Å²) in [5, 5.41) is 9.00. The predicted octanol–water partition coefficient (Wildman–Crippen LogP) is 1.44. The summed E-state index contributed by atoms with van der Waals surface area (Å²) in [5.74, 6) is 0.127. The highest BCUT2D eigenvalue weighted by Gasteiger charge is 2.20. The van der Waals surface area contributed by atoms with Gasteiger partial charge in [-0.3, -0.25) is 9.69 Å². The van der Waals surface area contributed by atoms with Gasteiger partial charge >= 0.3 is 0 Å². The predicted molar refractivity (Wildman–Crippen MR) is 80.0 cm³/mol. The summed E-state index contributed by atoms with van der Waals surface area (Å²) in [6.45, 7) is 8.27. The minimum atomic E-state index is 0.127. The lowest BCUT2D eigenvalue weighted by molar-refractivity contribution is 0.0760. The molecule has 0 aliphatic carbocycles. The third kappa shape index (κ3) is 3.81. The SMILES string of the molecule is Cc1cc(C)cc(C(=O)N2CCCN(CCO)CC2)c1. The lowest BCUT2D eigenvalue weighted by Gasteiger charge is -2.22. The smallest absolute Gasteiger partial charge is 0.253 e. The van der Waals surface area contributed by atoms with Crippen LogP contribution in [0.25, 0.3) is 0 Å². The standard InChI is InChI=1S/C16H24N2O2/c1-13-10-14(2)12-15(11-13)16(20)18-5-3-4-17(6-7-18)8-9-19/h10-12,19H,3-9H2,1-2H3. The Hall–Kier alpha value is -1.39. The molecule has 4 heteroatoms. The molecule has 1 N–H and O–H groups in total. The fourth-order valence-electron chi connectivity index (χ4n) is 2.82. The molecule has 1 amide bonds. The summed E-state index contributed by atoms with van der Waals surface area (Å²) in [7, 11) is 0. The number of hydrogen-bond acceptors (Lipinski definition) is 3. The highest BCUT2D eigenvalue weighted by molar-refractivity contribution is 5.94. The van der Waals surface area contributed by atoms with Crippen LogP contribution in [0, 0.1) is 13.8 Å². The summed E-state index contributed by atoms with van der Waals surface area (Å²) < 4.78 is 0. The zero-order valence-corrected chi connectivity index (χ0v) is 12.4. The van der Waals surface area contributed by atoms with Gasteiger partial charge in [0.15, 0.2) is 0 Å². The number of aliphatic hydroxyl groups is 1. The largest absolute Gasteiger partial charge is 0.395 e. The number of amides is 1. The average molecular weight is 276 g/mol. The Kier molecular flexibility index (Phi) is 5.15. The van der Waals surface area contributed by atoms with E-state index in [-0.39, 0.29) is 12.5 Å². The molecule has 0 saturated carbocycles. The number of carbonyl (C=O) groups is 1. The van der Waals surface area contributed by atoms with Crippen LogP contribution < -0.4 is 0 Å². The van der Waals surface area contributed by atoms with E-state index < -0.39 is 0 Å². The summed E-state index contributed by atoms with van der Waals surface area (Å²) in [6, 6.07) is 6.01. The molecule has 0 bridgehead atoms. The molecule has 20 heavy (non-hydrogen) atoms. The zero-order chi connectivity index (χ0) is 14.5. The van der Waals surface area contributed by atoms with E-state index in [1.165, 1.54) is 0 Å². The van der Waals surface area contributed by atoms with Crippen molar-refractivity contribution < 1.29 is 9.90 Å². The minimum absolute atomic E-state index is 0.127. The van der Waals surface area contributed by atoms with Gasteiger partial charge < -0.3 is 10.0 Å². The Morgan fingerprint density at radius 1 is 1.10 bits per heavy atom. The van der Waals surface area contributed by atoms with Crippen LogP contribution in [-0.2, 0) is 0 Å². The van der Waals surface area contributed by atoms with Gasteiger partial charge in [-0.15, -0.1) is 0 Å². The van der Waals surface area contributed by atoms with Gasteiger partial charge in [-0.05, 0) is 38.9 Å². The fraction of sp³-hybridized carbons (Fsp3) is 0.562. The van der Waals surface area contributed by atoms with Gasteiger partial charge in [0.25, 0.3) is 5.91 Å². The Bertz CT molecular complexity index is 453. The maximum absolute atomic E-state index is 12.6. The van der Waals surface area contributed by atoms with Gasteiger partial charge in [0, 0.05) is 31.7 Å². The zero-order valence-electron chi connectivity index (χ0n) is 12.4. The van der Waals surface area contributed by atoms with Crippen molar-refractivity contribution in [3.05, 3.63) is 34.9 Å². The maximum atomic E-state index is 12.6. The summed E-state index contributed by atoms with van der Waals surface area (Å²) in [6.07, 6.45) is 0.969. The Labute approximate surface area is 121 Å². The fourth-order valence-corrected chi connectivity index (χ4v) is 2.82. The summed E-state index contributed by atoms with van der Waals surface area (Å²) in [4.78, 5) is 16.7. The first kappa shape index (κ1) is 15.0. The molecule has 1 aliphatic rings. The van der Waals surface area contributed by atoms with E-state index in [1.807, 2.05) is 30.9 Å². The van der Waals surface area contributed by atoms with Crippen molar-refractivity contribution in [2.45, 2.75) is 20.3 Å². The summed E-state index contributed by atoms with van der Waals surface area (Å²) in [5.41, 5.74) is 3.05. The van der Waals surface area contributed by atoms with Gasteiger partial charge in [-0.1, -0.05) is 17.2 Å². The maximum Gasteiger partial charge on any atom is 0.253 e. The van der Waals surface area contributed by atoms with Crippen molar-refractivity contribution in [1.82, 2.24) is 9.80 Å². The normalized spacial score (nSPS) is 17.1. The summed E-state index contributed by atoms with van der Waals surface area (Å²) >= 11 is 0. The number of aryl methyl sites for hydroxylation is 2. The molecule has 1 aliphatic heterocycles. The van der Waals surface area contributed by atoms with Crippen molar-refractivity contribution in [3.63, 3.8) is 0 Å². The number of carbonyl (C=O) groups excluding carboxylic acids is 1. The molecule has 1 aromatic rings. The van der Waals surface area contributed by atoms with Gasteiger partial charge in [-0.2, -0.15) is 0 Å². The van der Waals surface area contributed by atoms with Crippen LogP contribution in [0.15, 0.2) is 18.2 Å². The van der Waals surface area contributed by atoms with E-state index in [0.717, 1.165) is 49.3 Å². The van der Waals surface area contributed by atoms with Crippen molar-refractivity contribution in [2.24, 2.45) is 0 Å². The topological polar surface area (TPSA) is 43.8 Å². The van der Waals surface area contributed by atoms with Gasteiger partial charge in [-0.25, -0.2) is 0 Å². The number of benzene rings is 1. The number of nitrogens with zero attached hydrogens (tertiary/aromatic N) is 2. The van der Waals surface area contributed by atoms with E-state index in [1.54, 1.807) is 0 Å². The second-order valence-corrected chi connectivity index (χ2v) is 5.59. The molecule has 0 unspecified atom stereocenters. The first-order valence-electron chi connectivity index (χ1n) is 7.31. The quantitative estimate of drug-likeness (QED) is 0.908. The number of β-amino-alcohol motifs (C(OH)–C–C–N with tert-alkyl or cyclic N) is 1. The highest BCUT2D eigenvalue weighted by Crippen LogP contribution is 2.13. The minimum Gasteiger partial charge on any atom is -0.395 e. The van der Waals surface area contributed by atoms with E-state index in [0.29, 0.717) is 6.54 Å². The molecular weight excluding hydrogens is 252 g/mol. The van der Waals surface area contributed by atoms with E-state index in [4.69, 9.17) is 5.11 Å². The molecule has 110 valence electrons. The van der Waals surface area contributed by atoms with Crippen LogP contribution in [0.1, 0.15) is 27.9 Å². The Morgan fingerprint density at radius 2 is 1.80 bits per heavy atom. The lowest BCUT2D eigenvalue weighted by Crippen LogP contribution is -2.36. The Morgan fingerprint density at radius 3 is 2.45 bits per heavy atom. The monoisotopic (exact) mass is 276 g/mol. The number of hydrogen-bond donors (Lipinski definition) is 1. The molecule has 4 nitrogen and oxygen atoms in total. The van der Waals surface area contributed by atoms with Crippen molar-refractivity contribution in [1.29, 1.82) is 0 Å². The number of aliphatic hydroxyl groups excluding tert-OH is 1. The molecule has 0 spiro atoms. The van der Waals surface area contributed by atoms with Crippen molar-refractivity contribution in [2.75, 3.05) is 39.3 Å². The Balaban J connectivity index is 2.05. The average Bonchev–Trinajstić information content (AvgIpc) is 2.63. The first-order valence-corrected chi connectivity index (χ1v) is 7.31. The molecule has 0 atom stereocenters. The van der Waals surface area contributed by atoms with Crippen molar-refractivity contribution >= 4 is 5.91 Å². The van der Waals surface area contributed by atoms with E-state index >= 15 is 0 Å². The highest BCUT2D eigenvalue weighted by atomic mass is 16.3. The molecule has 2 rings (SSSR count). The van der Waals surface area contributed by atoms with Gasteiger partial charge in [0.05, 0.1) is 6.61 Å². The van der Waals surface area contributed by atoms with Crippen LogP contribution in [0.4, 0.5) is 0 Å². The van der Waals surface area contributed by atoms with Gasteiger partial charge in [0.2, 0.25) is 0 Å². The molecule has 1 fully saturated rings. The van der Waals surface area contributed by atoms with Crippen LogP contribution >= 0.6 is 0 Å². The third-order valence-corrected chi connectivity index (χ3v) is 3.76. The third-order valence-electron chi connectivity index (χ3n) is 3.76. The van der Waals surface area contributed by atoms with Crippen LogP contribution in [-0.4, -0.2) is 60.1 Å². The van der Waals surface area contributed by atoms with Crippen LogP contribution in [0.3, 0.4) is 0 Å². The van der Waals surface area contributed by atoms with E-state index in [9.17, 15) is 4.79 Å². The van der Waals surface area contributed by atoms with Crippen LogP contribution in [0.5, 0.6) is 0 Å². The second kappa shape index (κ2) is 6.86. The first-order chi connectivity index (χ1) is 9.60. The molecule has 1 aromatic carbocycles. The molecular formula is C16H24N2O2. The molecule has 1 heterocycles. The van der Waals surface area contributed by atoms with E-state index in [2.05, 4.69) is 11.0 Å². The van der Waals surface area contributed by atoms with Crippen molar-refractivity contribution in [3.8, 4) is 0 Å². The molecule has 0 aromatic heterocycles. The molecule has 0 radical (unpaired) electrons. The number of rotatable bonds is 3. The van der Waals surface area contributed by atoms with Gasteiger partial charge in [0.1, 0.15) is 0 Å². The lowest BCUT2D eigenvalue weighted by atomic mass is 10.1. The molecule has 1 saturated heterocycles. The second-order valence-electron chi connectivity index (χ2n) is 5.59.